The zero-order valence-electron chi connectivity index (χ0n) is 6.62. The summed E-state index contributed by atoms with van der Waals surface area (Å²) in [7, 11) is 0. The van der Waals surface area contributed by atoms with Gasteiger partial charge in [-0.15, -0.1) is 0 Å². The Morgan fingerprint density at radius 1 is 1.67 bits per heavy atom. The largest absolute Gasteiger partial charge is 0.478 e. The third kappa shape index (κ3) is 2.34. The van der Waals surface area contributed by atoms with E-state index in [9.17, 15) is 4.79 Å². The molecule has 0 fully saturated rings. The van der Waals surface area contributed by atoms with Gasteiger partial charge in [0.05, 0.1) is 5.57 Å². The highest BCUT2D eigenvalue weighted by Crippen LogP contribution is 2.18. The van der Waals surface area contributed by atoms with Crippen LogP contribution in [0.4, 0.5) is 0 Å². The van der Waals surface area contributed by atoms with Gasteiger partial charge in [-0.3, -0.25) is 0 Å². The molecule has 0 spiro atoms. The van der Waals surface area contributed by atoms with Gasteiger partial charge in [0.2, 0.25) is 0 Å². The molecule has 64 valence electrons. The summed E-state index contributed by atoms with van der Waals surface area (Å²) in [5.41, 5.74) is 0.333. The molecule has 1 unspecified atom stereocenters. The summed E-state index contributed by atoms with van der Waals surface area (Å²) in [6.45, 7) is 1.94. The Labute approximate surface area is 79.4 Å². The molecule has 0 amide bonds. The highest BCUT2D eigenvalue weighted by atomic mass is 79.9. The van der Waals surface area contributed by atoms with Crippen LogP contribution in [-0.4, -0.2) is 11.1 Å². The maximum absolute atomic E-state index is 10.6. The Balaban J connectivity index is 3.00. The van der Waals surface area contributed by atoms with Crippen molar-refractivity contribution in [2.75, 3.05) is 0 Å². The van der Waals surface area contributed by atoms with Crippen molar-refractivity contribution in [3.8, 4) is 0 Å². The molecule has 0 radical (unpaired) electrons. The number of halogens is 1. The average molecular weight is 229 g/mol. The maximum atomic E-state index is 10.6. The molecule has 0 aromatic heterocycles. The Morgan fingerprint density at radius 2 is 2.33 bits per heavy atom. The van der Waals surface area contributed by atoms with Crippen molar-refractivity contribution >= 4 is 21.9 Å². The van der Waals surface area contributed by atoms with Gasteiger partial charge in [-0.25, -0.2) is 4.79 Å². The Morgan fingerprint density at radius 3 is 2.92 bits per heavy atom. The van der Waals surface area contributed by atoms with Crippen LogP contribution in [0.5, 0.6) is 0 Å². The number of hydrogen-bond acceptors (Lipinski definition) is 1. The van der Waals surface area contributed by atoms with Gasteiger partial charge in [0, 0.05) is 4.48 Å². The number of rotatable bonds is 1. The average Bonchev–Trinajstić information content (AvgIpc) is 2.13. The van der Waals surface area contributed by atoms with Crippen molar-refractivity contribution in [1.82, 2.24) is 0 Å². The van der Waals surface area contributed by atoms with Crippen molar-refractivity contribution in [2.24, 2.45) is 5.92 Å². The van der Waals surface area contributed by atoms with Gasteiger partial charge in [0.15, 0.2) is 0 Å². The summed E-state index contributed by atoms with van der Waals surface area (Å²) in [6.07, 6.45) is 7.11. The molecular weight excluding hydrogens is 220 g/mol. The molecule has 1 N–H and O–H groups in total. The van der Waals surface area contributed by atoms with Crippen LogP contribution in [0.1, 0.15) is 6.92 Å². The minimum absolute atomic E-state index is 0.169. The molecule has 1 atom stereocenters. The number of carboxylic acid groups (broad SMARTS) is 1. The third-order valence-corrected chi connectivity index (χ3v) is 2.04. The molecule has 0 aliphatic heterocycles. The summed E-state index contributed by atoms with van der Waals surface area (Å²) in [5.74, 6) is -0.718. The predicted octanol–water partition coefficient (Wildman–Crippen LogP) is 2.48. The number of carboxylic acids is 1. The molecule has 0 aromatic rings. The minimum atomic E-state index is -0.887. The first kappa shape index (κ1) is 9.26. The first-order valence-electron chi connectivity index (χ1n) is 3.60. The standard InChI is InChI=1S/C9H9BrO2/c1-6-2-3-8(10)5-7(4-6)9(11)12/h2-6H,1H3,(H,11,12). The van der Waals surface area contributed by atoms with Crippen LogP contribution in [0.2, 0.25) is 0 Å². The van der Waals surface area contributed by atoms with E-state index in [0.717, 1.165) is 4.48 Å². The number of carbonyl (C=O) groups is 1. The first-order chi connectivity index (χ1) is 5.59. The fourth-order valence-corrected chi connectivity index (χ4v) is 1.36. The second-order valence-electron chi connectivity index (χ2n) is 2.67. The molecule has 2 nitrogen and oxygen atoms in total. The van der Waals surface area contributed by atoms with Crippen LogP contribution in [0.3, 0.4) is 0 Å². The quantitative estimate of drug-likeness (QED) is 0.749. The van der Waals surface area contributed by atoms with Crippen LogP contribution >= 0.6 is 15.9 Å². The zero-order valence-corrected chi connectivity index (χ0v) is 8.21. The predicted molar refractivity (Wildman–Crippen MR) is 51.0 cm³/mol. The van der Waals surface area contributed by atoms with E-state index in [1.54, 1.807) is 12.2 Å². The SMILES string of the molecule is CC1C=CC(Br)=CC(C(=O)O)=C1. The van der Waals surface area contributed by atoms with E-state index in [1.807, 2.05) is 19.1 Å². The second kappa shape index (κ2) is 3.72. The van der Waals surface area contributed by atoms with Crippen molar-refractivity contribution in [2.45, 2.75) is 6.92 Å². The van der Waals surface area contributed by atoms with Crippen molar-refractivity contribution in [3.05, 3.63) is 34.4 Å². The second-order valence-corrected chi connectivity index (χ2v) is 3.59. The molecule has 0 saturated heterocycles. The van der Waals surface area contributed by atoms with E-state index >= 15 is 0 Å². The topological polar surface area (TPSA) is 37.3 Å². The van der Waals surface area contributed by atoms with Crippen molar-refractivity contribution in [1.29, 1.82) is 0 Å². The van der Waals surface area contributed by atoms with Crippen molar-refractivity contribution < 1.29 is 9.90 Å². The lowest BCUT2D eigenvalue weighted by Gasteiger charge is -1.96. The van der Waals surface area contributed by atoms with E-state index in [4.69, 9.17) is 5.11 Å². The van der Waals surface area contributed by atoms with E-state index in [1.165, 1.54) is 0 Å². The molecule has 1 rings (SSSR count). The van der Waals surface area contributed by atoms with Crippen molar-refractivity contribution in [3.63, 3.8) is 0 Å². The summed E-state index contributed by atoms with van der Waals surface area (Å²) in [6, 6.07) is 0. The Kier molecular flexibility index (Phi) is 2.87. The van der Waals surface area contributed by atoms with E-state index < -0.39 is 5.97 Å². The van der Waals surface area contributed by atoms with Gasteiger partial charge in [-0.2, -0.15) is 0 Å². The Hall–Kier alpha value is -0.830. The van der Waals surface area contributed by atoms with Crippen LogP contribution in [0.25, 0.3) is 0 Å². The molecular formula is C9H9BrO2. The van der Waals surface area contributed by atoms with Crippen LogP contribution in [0, 0.1) is 5.92 Å². The molecule has 1 aliphatic rings. The molecule has 0 heterocycles. The lowest BCUT2D eigenvalue weighted by molar-refractivity contribution is -0.132. The number of aliphatic carboxylic acids is 1. The minimum Gasteiger partial charge on any atom is -0.478 e. The van der Waals surface area contributed by atoms with Gasteiger partial charge in [-0.05, 0) is 12.0 Å². The van der Waals surface area contributed by atoms with E-state index in [-0.39, 0.29) is 5.92 Å². The number of allylic oxidation sites excluding steroid dienone is 4. The van der Waals surface area contributed by atoms with Gasteiger partial charge in [0.25, 0.3) is 0 Å². The lowest BCUT2D eigenvalue weighted by Crippen LogP contribution is -1.98. The van der Waals surface area contributed by atoms with Crippen LogP contribution < -0.4 is 0 Å². The molecule has 12 heavy (non-hydrogen) atoms. The van der Waals surface area contributed by atoms with Gasteiger partial charge < -0.3 is 5.11 Å². The smallest absolute Gasteiger partial charge is 0.335 e. The van der Waals surface area contributed by atoms with Crippen LogP contribution in [-0.2, 0) is 4.79 Å². The van der Waals surface area contributed by atoms with Gasteiger partial charge >= 0.3 is 5.97 Å². The highest BCUT2D eigenvalue weighted by molar-refractivity contribution is 9.11. The van der Waals surface area contributed by atoms with Crippen LogP contribution in [0.15, 0.2) is 34.4 Å². The number of hydrogen-bond donors (Lipinski definition) is 1. The summed E-state index contributed by atoms with van der Waals surface area (Å²) < 4.78 is 0.792. The maximum Gasteiger partial charge on any atom is 0.335 e. The summed E-state index contributed by atoms with van der Waals surface area (Å²) in [5, 5.41) is 8.74. The third-order valence-electron chi connectivity index (χ3n) is 1.54. The summed E-state index contributed by atoms with van der Waals surface area (Å²) in [4.78, 5) is 10.6. The first-order valence-corrected chi connectivity index (χ1v) is 4.39. The molecule has 0 aromatic carbocycles. The molecule has 1 aliphatic carbocycles. The fraction of sp³-hybridized carbons (Fsp3) is 0.222. The normalized spacial score (nSPS) is 22.7. The lowest BCUT2D eigenvalue weighted by atomic mass is 10.1. The van der Waals surface area contributed by atoms with E-state index in [0.29, 0.717) is 5.57 Å². The van der Waals surface area contributed by atoms with E-state index in [2.05, 4.69) is 15.9 Å². The highest BCUT2D eigenvalue weighted by Gasteiger charge is 2.08. The molecule has 0 bridgehead atoms. The monoisotopic (exact) mass is 228 g/mol. The fourth-order valence-electron chi connectivity index (χ4n) is 0.960. The Bertz CT molecular complexity index is 287. The van der Waals surface area contributed by atoms with Gasteiger partial charge in [0.1, 0.15) is 0 Å². The molecule has 3 heteroatoms. The molecule has 0 saturated carbocycles. The van der Waals surface area contributed by atoms with Gasteiger partial charge in [-0.1, -0.05) is 41.1 Å². The zero-order chi connectivity index (χ0) is 9.14. The summed E-state index contributed by atoms with van der Waals surface area (Å²) >= 11 is 3.24.